The molecular weight excluding hydrogens is 216 g/mol. The van der Waals surface area contributed by atoms with Gasteiger partial charge in [0.2, 0.25) is 0 Å². The summed E-state index contributed by atoms with van der Waals surface area (Å²) in [6.07, 6.45) is 4.03. The Hall–Kier alpha value is -1.55. The van der Waals surface area contributed by atoms with Crippen LogP contribution >= 0.6 is 0 Å². The van der Waals surface area contributed by atoms with Gasteiger partial charge in [-0.25, -0.2) is 0 Å². The average molecular weight is 234 g/mol. The molecule has 92 valence electrons. The number of phenolic OH excluding ortho intramolecular Hbond substituents is 1. The van der Waals surface area contributed by atoms with E-state index in [9.17, 15) is 9.90 Å². The van der Waals surface area contributed by atoms with Crippen LogP contribution in [0.15, 0.2) is 24.3 Å². The van der Waals surface area contributed by atoms with Crippen LogP contribution in [0.3, 0.4) is 0 Å². The van der Waals surface area contributed by atoms with Crippen LogP contribution in [0.2, 0.25) is 0 Å². The molecule has 0 saturated heterocycles. The molecule has 1 aliphatic carbocycles. The molecule has 0 radical (unpaired) electrons. The Bertz CT molecular complexity index is 412. The summed E-state index contributed by atoms with van der Waals surface area (Å²) in [5.74, 6) is -0.231. The number of nitrogens with two attached hydrogens (primary N) is 1. The van der Waals surface area contributed by atoms with E-state index in [1.54, 1.807) is 18.2 Å². The van der Waals surface area contributed by atoms with Crippen molar-refractivity contribution in [2.24, 2.45) is 5.73 Å². The maximum atomic E-state index is 12.1. The van der Waals surface area contributed by atoms with Crippen molar-refractivity contribution in [1.82, 2.24) is 5.32 Å². The number of phenols is 1. The molecule has 0 heterocycles. The summed E-state index contributed by atoms with van der Waals surface area (Å²) in [7, 11) is 0. The number of hydrogen-bond donors (Lipinski definition) is 3. The summed E-state index contributed by atoms with van der Waals surface area (Å²) < 4.78 is 0. The van der Waals surface area contributed by atoms with Crippen molar-refractivity contribution in [2.45, 2.75) is 31.2 Å². The summed E-state index contributed by atoms with van der Waals surface area (Å²) in [4.78, 5) is 12.1. The highest BCUT2D eigenvalue weighted by Crippen LogP contribution is 2.29. The lowest BCUT2D eigenvalue weighted by Gasteiger charge is -2.28. The topological polar surface area (TPSA) is 75.3 Å². The van der Waals surface area contributed by atoms with Gasteiger partial charge in [0, 0.05) is 6.54 Å². The van der Waals surface area contributed by atoms with Crippen LogP contribution in [0.1, 0.15) is 36.0 Å². The monoisotopic (exact) mass is 234 g/mol. The number of hydrogen-bond acceptors (Lipinski definition) is 3. The minimum Gasteiger partial charge on any atom is -0.507 e. The third-order valence-corrected chi connectivity index (χ3v) is 3.48. The fraction of sp³-hybridized carbons (Fsp3) is 0.462. The van der Waals surface area contributed by atoms with E-state index in [1.165, 1.54) is 6.07 Å². The molecule has 0 aliphatic heterocycles. The zero-order chi connectivity index (χ0) is 12.3. The fourth-order valence-corrected chi connectivity index (χ4v) is 2.41. The molecule has 1 aliphatic rings. The van der Waals surface area contributed by atoms with Crippen LogP contribution in [-0.4, -0.2) is 23.1 Å². The molecule has 1 amide bonds. The molecule has 0 spiro atoms. The number of para-hydroxylation sites is 1. The van der Waals surface area contributed by atoms with E-state index in [2.05, 4.69) is 5.32 Å². The lowest BCUT2D eigenvalue weighted by molar-refractivity contribution is 0.0900. The third-order valence-electron chi connectivity index (χ3n) is 3.48. The largest absolute Gasteiger partial charge is 0.507 e. The zero-order valence-corrected chi connectivity index (χ0v) is 9.78. The first kappa shape index (κ1) is 11.9. The molecule has 4 N–H and O–H groups in total. The van der Waals surface area contributed by atoms with Crippen molar-refractivity contribution in [3.05, 3.63) is 29.8 Å². The number of rotatable bonds is 3. The van der Waals surface area contributed by atoms with E-state index in [0.717, 1.165) is 25.7 Å². The SMILES string of the molecule is NCC1(NC(=O)c2ccccc2O)CCCC1. The van der Waals surface area contributed by atoms with Crippen LogP contribution in [0.25, 0.3) is 0 Å². The lowest BCUT2D eigenvalue weighted by Crippen LogP contribution is -2.51. The number of nitrogens with one attached hydrogen (secondary N) is 1. The maximum Gasteiger partial charge on any atom is 0.255 e. The van der Waals surface area contributed by atoms with E-state index in [4.69, 9.17) is 5.73 Å². The van der Waals surface area contributed by atoms with Gasteiger partial charge in [-0.1, -0.05) is 25.0 Å². The Kier molecular flexibility index (Phi) is 3.33. The number of aromatic hydroxyl groups is 1. The Morgan fingerprint density at radius 1 is 1.35 bits per heavy atom. The normalized spacial score (nSPS) is 17.9. The number of benzene rings is 1. The van der Waals surface area contributed by atoms with Crippen molar-refractivity contribution < 1.29 is 9.90 Å². The first-order valence-electron chi connectivity index (χ1n) is 5.97. The number of amides is 1. The summed E-state index contributed by atoms with van der Waals surface area (Å²) in [6.45, 7) is 0.451. The standard InChI is InChI=1S/C13H18N2O2/c14-9-13(7-3-4-8-13)15-12(17)10-5-1-2-6-11(10)16/h1-2,5-6,16H,3-4,7-9,14H2,(H,15,17). The lowest BCUT2D eigenvalue weighted by atomic mass is 9.97. The Balaban J connectivity index is 2.14. The quantitative estimate of drug-likeness (QED) is 0.740. The van der Waals surface area contributed by atoms with E-state index in [-0.39, 0.29) is 17.2 Å². The molecule has 2 rings (SSSR count). The molecule has 1 aromatic rings. The van der Waals surface area contributed by atoms with Crippen LogP contribution in [-0.2, 0) is 0 Å². The predicted octanol–water partition coefficient (Wildman–Crippen LogP) is 1.39. The highest BCUT2D eigenvalue weighted by Gasteiger charge is 2.34. The molecule has 1 fully saturated rings. The van der Waals surface area contributed by atoms with Crippen LogP contribution in [0.5, 0.6) is 5.75 Å². The summed E-state index contributed by atoms with van der Waals surface area (Å²) in [6, 6.07) is 6.56. The number of carbonyl (C=O) groups is 1. The van der Waals surface area contributed by atoms with Gasteiger partial charge < -0.3 is 16.2 Å². The van der Waals surface area contributed by atoms with Gasteiger partial charge in [0.1, 0.15) is 5.75 Å². The zero-order valence-electron chi connectivity index (χ0n) is 9.78. The van der Waals surface area contributed by atoms with Gasteiger partial charge in [-0.05, 0) is 25.0 Å². The molecule has 4 nitrogen and oxygen atoms in total. The van der Waals surface area contributed by atoms with Crippen molar-refractivity contribution in [3.8, 4) is 5.75 Å². The first-order valence-corrected chi connectivity index (χ1v) is 5.97. The predicted molar refractivity (Wildman–Crippen MR) is 65.8 cm³/mol. The molecule has 0 bridgehead atoms. The minimum atomic E-state index is -0.278. The van der Waals surface area contributed by atoms with E-state index >= 15 is 0 Å². The van der Waals surface area contributed by atoms with Crippen LogP contribution in [0, 0.1) is 0 Å². The highest BCUT2D eigenvalue weighted by molar-refractivity contribution is 5.97. The van der Waals surface area contributed by atoms with Crippen molar-refractivity contribution >= 4 is 5.91 Å². The Morgan fingerprint density at radius 2 is 2.00 bits per heavy atom. The molecule has 0 unspecified atom stereocenters. The minimum absolute atomic E-state index is 0.00942. The van der Waals surface area contributed by atoms with Gasteiger partial charge in [-0.15, -0.1) is 0 Å². The van der Waals surface area contributed by atoms with Crippen molar-refractivity contribution in [2.75, 3.05) is 6.54 Å². The van der Waals surface area contributed by atoms with Gasteiger partial charge in [-0.2, -0.15) is 0 Å². The number of carbonyl (C=O) groups excluding carboxylic acids is 1. The second kappa shape index (κ2) is 4.75. The van der Waals surface area contributed by atoms with Gasteiger partial charge >= 0.3 is 0 Å². The Labute approximate surface area is 101 Å². The van der Waals surface area contributed by atoms with Crippen molar-refractivity contribution in [3.63, 3.8) is 0 Å². The van der Waals surface area contributed by atoms with Gasteiger partial charge in [0.15, 0.2) is 0 Å². The van der Waals surface area contributed by atoms with Gasteiger partial charge in [0.05, 0.1) is 11.1 Å². The molecule has 4 heteroatoms. The molecule has 1 saturated carbocycles. The molecule has 17 heavy (non-hydrogen) atoms. The summed E-state index contributed by atoms with van der Waals surface area (Å²) in [5, 5.41) is 12.6. The summed E-state index contributed by atoms with van der Waals surface area (Å²) >= 11 is 0. The molecule has 0 atom stereocenters. The first-order chi connectivity index (χ1) is 8.17. The highest BCUT2D eigenvalue weighted by atomic mass is 16.3. The second-order valence-electron chi connectivity index (χ2n) is 4.66. The van der Waals surface area contributed by atoms with Crippen LogP contribution < -0.4 is 11.1 Å². The van der Waals surface area contributed by atoms with E-state index in [1.807, 2.05) is 0 Å². The van der Waals surface area contributed by atoms with Gasteiger partial charge in [-0.3, -0.25) is 4.79 Å². The van der Waals surface area contributed by atoms with Gasteiger partial charge in [0.25, 0.3) is 5.91 Å². The molecular formula is C13H18N2O2. The van der Waals surface area contributed by atoms with E-state index < -0.39 is 0 Å². The fourth-order valence-electron chi connectivity index (χ4n) is 2.41. The second-order valence-corrected chi connectivity index (χ2v) is 4.66. The smallest absolute Gasteiger partial charge is 0.255 e. The molecule has 0 aromatic heterocycles. The third kappa shape index (κ3) is 2.42. The van der Waals surface area contributed by atoms with Crippen molar-refractivity contribution in [1.29, 1.82) is 0 Å². The maximum absolute atomic E-state index is 12.1. The Morgan fingerprint density at radius 3 is 2.59 bits per heavy atom. The van der Waals surface area contributed by atoms with E-state index in [0.29, 0.717) is 12.1 Å². The summed E-state index contributed by atoms with van der Waals surface area (Å²) in [5.41, 5.74) is 5.79. The van der Waals surface area contributed by atoms with Crippen LogP contribution in [0.4, 0.5) is 0 Å². The molecule has 1 aromatic carbocycles. The average Bonchev–Trinajstić information content (AvgIpc) is 2.79.